The number of nitrogen functional groups attached to an aromatic ring is 1. The van der Waals surface area contributed by atoms with Gasteiger partial charge in [-0.25, -0.2) is 15.8 Å². The molecule has 0 spiro atoms. The van der Waals surface area contributed by atoms with Crippen LogP contribution in [0.2, 0.25) is 0 Å². The van der Waals surface area contributed by atoms with Crippen LogP contribution in [0.5, 0.6) is 0 Å². The molecular formula is C13H14F3N5. The molecule has 5 nitrogen and oxygen atoms in total. The maximum absolute atomic E-state index is 12.6. The molecule has 2 rings (SSSR count). The summed E-state index contributed by atoms with van der Waals surface area (Å²) in [5, 5.41) is 2.94. The highest BCUT2D eigenvalue weighted by Crippen LogP contribution is 2.29. The van der Waals surface area contributed by atoms with Gasteiger partial charge in [0.15, 0.2) is 0 Å². The van der Waals surface area contributed by atoms with E-state index in [1.54, 1.807) is 19.1 Å². The number of hydrazine groups is 1. The highest BCUT2D eigenvalue weighted by Gasteiger charge is 2.30. The van der Waals surface area contributed by atoms with Crippen molar-refractivity contribution in [1.82, 2.24) is 9.97 Å². The van der Waals surface area contributed by atoms with Gasteiger partial charge in [0.25, 0.3) is 0 Å². The summed E-state index contributed by atoms with van der Waals surface area (Å²) in [6.45, 7) is 1.90. The highest BCUT2D eigenvalue weighted by atomic mass is 19.4. The van der Waals surface area contributed by atoms with Gasteiger partial charge < -0.3 is 10.7 Å². The van der Waals surface area contributed by atoms with Crippen LogP contribution >= 0.6 is 0 Å². The SMILES string of the molecule is Cc1nc(NN)cc(NCc2cccc(C(F)(F)F)c2)n1. The Kier molecular flexibility index (Phi) is 4.27. The van der Waals surface area contributed by atoms with Gasteiger partial charge >= 0.3 is 6.18 Å². The van der Waals surface area contributed by atoms with Crippen molar-refractivity contribution in [1.29, 1.82) is 0 Å². The first kappa shape index (κ1) is 15.0. The van der Waals surface area contributed by atoms with Gasteiger partial charge in [0, 0.05) is 12.6 Å². The van der Waals surface area contributed by atoms with Crippen LogP contribution in [-0.2, 0) is 12.7 Å². The average Bonchev–Trinajstić information content (AvgIpc) is 2.44. The van der Waals surface area contributed by atoms with E-state index >= 15 is 0 Å². The Morgan fingerprint density at radius 1 is 1.14 bits per heavy atom. The first-order valence-corrected chi connectivity index (χ1v) is 6.11. The number of benzene rings is 1. The Bertz CT molecular complexity index is 627. The van der Waals surface area contributed by atoms with Crippen molar-refractivity contribution in [3.8, 4) is 0 Å². The summed E-state index contributed by atoms with van der Waals surface area (Å²) in [6.07, 6.45) is -4.35. The predicted octanol–water partition coefficient (Wildman–Crippen LogP) is 2.70. The molecule has 0 aliphatic carbocycles. The average molecular weight is 297 g/mol. The molecule has 0 aliphatic heterocycles. The molecule has 0 fully saturated rings. The van der Waals surface area contributed by atoms with Crippen LogP contribution in [0.3, 0.4) is 0 Å². The van der Waals surface area contributed by atoms with Crippen LogP contribution in [0.1, 0.15) is 17.0 Å². The first-order chi connectivity index (χ1) is 9.88. The lowest BCUT2D eigenvalue weighted by atomic mass is 10.1. The van der Waals surface area contributed by atoms with E-state index in [0.29, 0.717) is 23.0 Å². The molecule has 1 heterocycles. The van der Waals surface area contributed by atoms with E-state index in [-0.39, 0.29) is 6.54 Å². The van der Waals surface area contributed by atoms with Crippen molar-refractivity contribution >= 4 is 11.6 Å². The third-order valence-electron chi connectivity index (χ3n) is 2.71. The van der Waals surface area contributed by atoms with Gasteiger partial charge in [-0.15, -0.1) is 0 Å². The normalized spacial score (nSPS) is 11.3. The summed E-state index contributed by atoms with van der Waals surface area (Å²) in [6, 6.07) is 6.69. The van der Waals surface area contributed by atoms with Gasteiger partial charge in [-0.3, -0.25) is 0 Å². The van der Waals surface area contributed by atoms with E-state index in [2.05, 4.69) is 20.7 Å². The summed E-state index contributed by atoms with van der Waals surface area (Å²) < 4.78 is 37.9. The van der Waals surface area contributed by atoms with Crippen molar-refractivity contribution in [2.45, 2.75) is 19.6 Å². The molecule has 0 aliphatic rings. The number of anilines is 2. The molecule has 21 heavy (non-hydrogen) atoms. The van der Waals surface area contributed by atoms with Crippen LogP contribution < -0.4 is 16.6 Å². The highest BCUT2D eigenvalue weighted by molar-refractivity contribution is 5.47. The monoisotopic (exact) mass is 297 g/mol. The van der Waals surface area contributed by atoms with Crippen molar-refractivity contribution in [2.24, 2.45) is 5.84 Å². The zero-order chi connectivity index (χ0) is 15.5. The number of aryl methyl sites for hydroxylation is 1. The number of rotatable bonds is 4. The van der Waals surface area contributed by atoms with Crippen LogP contribution in [0, 0.1) is 6.92 Å². The van der Waals surface area contributed by atoms with Gasteiger partial charge in [-0.2, -0.15) is 13.2 Å². The van der Waals surface area contributed by atoms with Gasteiger partial charge in [-0.05, 0) is 24.6 Å². The Morgan fingerprint density at radius 3 is 2.52 bits per heavy atom. The molecule has 0 saturated heterocycles. The summed E-state index contributed by atoms with van der Waals surface area (Å²) >= 11 is 0. The van der Waals surface area contributed by atoms with Crippen LogP contribution in [-0.4, -0.2) is 9.97 Å². The zero-order valence-electron chi connectivity index (χ0n) is 11.2. The second kappa shape index (κ2) is 5.96. The lowest BCUT2D eigenvalue weighted by Gasteiger charge is -2.11. The minimum atomic E-state index is -4.35. The maximum Gasteiger partial charge on any atom is 0.416 e. The number of halogens is 3. The van der Waals surface area contributed by atoms with Crippen molar-refractivity contribution < 1.29 is 13.2 Å². The van der Waals surface area contributed by atoms with Crippen molar-refractivity contribution in [3.05, 3.63) is 47.3 Å². The molecule has 0 saturated carbocycles. The summed E-state index contributed by atoms with van der Waals surface area (Å²) in [7, 11) is 0. The molecule has 0 unspecified atom stereocenters. The Morgan fingerprint density at radius 2 is 1.86 bits per heavy atom. The van der Waals surface area contributed by atoms with Gasteiger partial charge in [0.05, 0.1) is 5.56 Å². The van der Waals surface area contributed by atoms with Gasteiger partial charge in [-0.1, -0.05) is 12.1 Å². The standard InChI is InChI=1S/C13H14F3N5/c1-8-19-11(6-12(20-8)21-17)18-7-9-3-2-4-10(5-9)13(14,15)16/h2-6H,7,17H2,1H3,(H2,18,19,20,21). The largest absolute Gasteiger partial charge is 0.416 e. The fourth-order valence-electron chi connectivity index (χ4n) is 1.78. The van der Waals surface area contributed by atoms with Crippen molar-refractivity contribution in [3.63, 3.8) is 0 Å². The van der Waals surface area contributed by atoms with Crippen LogP contribution in [0.4, 0.5) is 24.8 Å². The fourth-order valence-corrected chi connectivity index (χ4v) is 1.78. The quantitative estimate of drug-likeness (QED) is 0.597. The lowest BCUT2D eigenvalue weighted by molar-refractivity contribution is -0.137. The van der Waals surface area contributed by atoms with E-state index in [4.69, 9.17) is 5.84 Å². The third-order valence-corrected chi connectivity index (χ3v) is 2.71. The van der Waals surface area contributed by atoms with Gasteiger partial charge in [0.2, 0.25) is 0 Å². The molecule has 0 amide bonds. The topological polar surface area (TPSA) is 75.9 Å². The van der Waals surface area contributed by atoms with E-state index in [9.17, 15) is 13.2 Å². The maximum atomic E-state index is 12.6. The Balaban J connectivity index is 2.11. The number of nitrogens with one attached hydrogen (secondary N) is 2. The molecular weight excluding hydrogens is 283 g/mol. The summed E-state index contributed by atoms with van der Waals surface area (Å²) in [5.41, 5.74) is 2.22. The number of alkyl halides is 3. The molecule has 112 valence electrons. The van der Waals surface area contributed by atoms with E-state index < -0.39 is 11.7 Å². The minimum absolute atomic E-state index is 0.213. The van der Waals surface area contributed by atoms with E-state index in [1.807, 2.05) is 0 Å². The predicted molar refractivity (Wildman–Crippen MR) is 73.3 cm³/mol. The second-order valence-corrected chi connectivity index (χ2v) is 4.38. The fraction of sp³-hybridized carbons (Fsp3) is 0.231. The zero-order valence-corrected chi connectivity index (χ0v) is 11.2. The van der Waals surface area contributed by atoms with E-state index in [0.717, 1.165) is 12.1 Å². The lowest BCUT2D eigenvalue weighted by Crippen LogP contribution is -2.11. The number of nitrogens with zero attached hydrogens (tertiary/aromatic N) is 2. The molecule has 0 radical (unpaired) electrons. The molecule has 1 aromatic carbocycles. The molecule has 0 atom stereocenters. The number of aromatic nitrogens is 2. The Labute approximate surface area is 119 Å². The van der Waals surface area contributed by atoms with Crippen molar-refractivity contribution in [2.75, 3.05) is 10.7 Å². The number of nitrogens with two attached hydrogens (primary N) is 1. The molecule has 8 heteroatoms. The molecule has 4 N–H and O–H groups in total. The first-order valence-electron chi connectivity index (χ1n) is 6.11. The van der Waals surface area contributed by atoms with Crippen LogP contribution in [0.25, 0.3) is 0 Å². The summed E-state index contributed by atoms with van der Waals surface area (Å²) in [5.74, 6) is 6.67. The number of hydrogen-bond acceptors (Lipinski definition) is 5. The smallest absolute Gasteiger partial charge is 0.366 e. The molecule has 2 aromatic rings. The number of hydrogen-bond donors (Lipinski definition) is 3. The summed E-state index contributed by atoms with van der Waals surface area (Å²) in [4.78, 5) is 8.15. The van der Waals surface area contributed by atoms with Crippen LogP contribution in [0.15, 0.2) is 30.3 Å². The van der Waals surface area contributed by atoms with E-state index in [1.165, 1.54) is 6.07 Å². The third kappa shape index (κ3) is 4.06. The second-order valence-electron chi connectivity index (χ2n) is 4.38. The molecule has 0 bridgehead atoms. The van der Waals surface area contributed by atoms with Gasteiger partial charge in [0.1, 0.15) is 17.5 Å². The Hall–Kier alpha value is -2.35. The molecule has 1 aromatic heterocycles. The minimum Gasteiger partial charge on any atom is -0.366 e.